The lowest BCUT2D eigenvalue weighted by atomic mass is 9.98. The summed E-state index contributed by atoms with van der Waals surface area (Å²) in [5, 5.41) is 2.85. The summed E-state index contributed by atoms with van der Waals surface area (Å²) in [5.41, 5.74) is 2.95. The lowest BCUT2D eigenvalue weighted by Gasteiger charge is -2.21. The van der Waals surface area contributed by atoms with Crippen LogP contribution in [0.1, 0.15) is 41.3 Å². The van der Waals surface area contributed by atoms with Gasteiger partial charge >= 0.3 is 5.97 Å². The van der Waals surface area contributed by atoms with Crippen LogP contribution >= 0.6 is 0 Å². The number of para-hydroxylation sites is 1. The fourth-order valence-corrected chi connectivity index (χ4v) is 3.12. The lowest BCUT2D eigenvalue weighted by molar-refractivity contribution is -0.119. The van der Waals surface area contributed by atoms with E-state index in [0.717, 1.165) is 16.8 Å². The normalized spacial score (nSPS) is 12.4. The van der Waals surface area contributed by atoms with Gasteiger partial charge in [0.2, 0.25) is 5.75 Å². The number of rotatable bonds is 6. The smallest absolute Gasteiger partial charge is 0.338 e. The van der Waals surface area contributed by atoms with Crippen LogP contribution in [0.4, 0.5) is 5.69 Å². The molecule has 0 atom stereocenters. The second-order valence-corrected chi connectivity index (χ2v) is 7.02. The van der Waals surface area contributed by atoms with E-state index in [9.17, 15) is 9.59 Å². The minimum atomic E-state index is -0.649. The van der Waals surface area contributed by atoms with Crippen LogP contribution in [0.2, 0.25) is 0 Å². The third-order valence-electron chi connectivity index (χ3n) is 4.59. The second-order valence-electron chi connectivity index (χ2n) is 7.02. The van der Waals surface area contributed by atoms with Crippen molar-refractivity contribution < 1.29 is 28.5 Å². The number of nitrogens with one attached hydrogen (secondary N) is 1. The third kappa shape index (κ3) is 4.62. The van der Waals surface area contributed by atoms with E-state index in [0.29, 0.717) is 30.5 Å². The monoisotopic (exact) mass is 399 g/mol. The molecule has 7 nitrogen and oxygen atoms in total. The highest BCUT2D eigenvalue weighted by Crippen LogP contribution is 2.40. The molecular weight excluding hydrogens is 374 g/mol. The molecular formula is C22H25NO6. The first kappa shape index (κ1) is 20.5. The summed E-state index contributed by atoms with van der Waals surface area (Å²) in [6.45, 7) is 6.42. The van der Waals surface area contributed by atoms with E-state index in [-0.39, 0.29) is 11.5 Å². The van der Waals surface area contributed by atoms with Gasteiger partial charge < -0.3 is 24.3 Å². The second kappa shape index (κ2) is 8.86. The molecule has 0 fully saturated rings. The summed E-state index contributed by atoms with van der Waals surface area (Å²) in [6.07, 6.45) is 0. The molecule has 154 valence electrons. The van der Waals surface area contributed by atoms with Crippen molar-refractivity contribution in [2.75, 3.05) is 32.2 Å². The maximum Gasteiger partial charge on any atom is 0.338 e. The van der Waals surface area contributed by atoms with Gasteiger partial charge in [-0.05, 0) is 36.1 Å². The summed E-state index contributed by atoms with van der Waals surface area (Å²) in [6, 6.07) is 8.88. The number of hydrogen-bond acceptors (Lipinski definition) is 6. The van der Waals surface area contributed by atoms with Gasteiger partial charge in [0.15, 0.2) is 18.1 Å². The fraction of sp³-hybridized carbons (Fsp3) is 0.364. The van der Waals surface area contributed by atoms with Crippen LogP contribution in [0.25, 0.3) is 0 Å². The lowest BCUT2D eigenvalue weighted by Crippen LogP contribution is -2.22. The molecule has 0 spiro atoms. The fourth-order valence-electron chi connectivity index (χ4n) is 3.12. The highest BCUT2D eigenvalue weighted by molar-refractivity contribution is 5.97. The Hall–Kier alpha value is -3.22. The van der Waals surface area contributed by atoms with Crippen molar-refractivity contribution >= 4 is 17.6 Å². The Kier molecular flexibility index (Phi) is 6.26. The van der Waals surface area contributed by atoms with Crippen molar-refractivity contribution in [3.63, 3.8) is 0 Å². The minimum absolute atomic E-state index is 0.220. The predicted molar refractivity (Wildman–Crippen MR) is 108 cm³/mol. The molecule has 1 amide bonds. The van der Waals surface area contributed by atoms with E-state index >= 15 is 0 Å². The maximum absolute atomic E-state index is 12.4. The molecule has 29 heavy (non-hydrogen) atoms. The molecule has 0 aliphatic carbocycles. The van der Waals surface area contributed by atoms with E-state index in [1.807, 2.05) is 25.1 Å². The first-order valence-electron chi connectivity index (χ1n) is 9.44. The third-order valence-corrected chi connectivity index (χ3v) is 4.59. The molecule has 0 unspecified atom stereocenters. The van der Waals surface area contributed by atoms with Crippen LogP contribution in [0.5, 0.6) is 17.2 Å². The van der Waals surface area contributed by atoms with Crippen molar-refractivity contribution in [2.24, 2.45) is 0 Å². The number of carbonyl (C=O) groups is 2. The SMILES string of the molecule is COc1cc(C(=O)OCC(=O)Nc2c(C)cccc2C(C)C)cc2c1OCCO2. The number of ether oxygens (including phenoxy) is 4. The number of anilines is 1. The molecule has 7 heteroatoms. The molecule has 0 aromatic heterocycles. The van der Waals surface area contributed by atoms with Gasteiger partial charge in [-0.2, -0.15) is 0 Å². The van der Waals surface area contributed by atoms with Gasteiger partial charge in [-0.1, -0.05) is 32.0 Å². The Morgan fingerprint density at radius 3 is 2.66 bits per heavy atom. The number of amides is 1. The van der Waals surface area contributed by atoms with Crippen LogP contribution in [0.15, 0.2) is 30.3 Å². The van der Waals surface area contributed by atoms with E-state index in [1.54, 1.807) is 0 Å². The highest BCUT2D eigenvalue weighted by atomic mass is 16.6. The molecule has 1 N–H and O–H groups in total. The number of benzene rings is 2. The number of fused-ring (bicyclic) bond motifs is 1. The topological polar surface area (TPSA) is 83.1 Å². The molecule has 0 saturated carbocycles. The Labute approximate surface area is 169 Å². The van der Waals surface area contributed by atoms with E-state index in [1.165, 1.54) is 19.2 Å². The summed E-state index contributed by atoms with van der Waals surface area (Å²) in [4.78, 5) is 24.8. The molecule has 1 aliphatic heterocycles. The van der Waals surface area contributed by atoms with Crippen LogP contribution in [0, 0.1) is 6.92 Å². The molecule has 1 aliphatic rings. The first-order chi connectivity index (χ1) is 13.9. The van der Waals surface area contributed by atoms with Gasteiger partial charge in [-0.25, -0.2) is 4.79 Å². The van der Waals surface area contributed by atoms with Gasteiger partial charge in [0.25, 0.3) is 5.91 Å². The van der Waals surface area contributed by atoms with Gasteiger partial charge in [0.1, 0.15) is 13.2 Å². The van der Waals surface area contributed by atoms with Gasteiger partial charge in [0.05, 0.1) is 12.7 Å². The molecule has 2 aromatic rings. The van der Waals surface area contributed by atoms with E-state index in [4.69, 9.17) is 18.9 Å². The zero-order valence-electron chi connectivity index (χ0n) is 17.0. The number of hydrogen-bond donors (Lipinski definition) is 1. The van der Waals surface area contributed by atoms with E-state index in [2.05, 4.69) is 19.2 Å². The van der Waals surface area contributed by atoms with Crippen LogP contribution in [-0.4, -0.2) is 38.8 Å². The van der Waals surface area contributed by atoms with Crippen molar-refractivity contribution in [1.82, 2.24) is 0 Å². The number of carbonyl (C=O) groups excluding carboxylic acids is 2. The molecule has 0 saturated heterocycles. The average molecular weight is 399 g/mol. The first-order valence-corrected chi connectivity index (χ1v) is 9.44. The van der Waals surface area contributed by atoms with E-state index < -0.39 is 18.5 Å². The van der Waals surface area contributed by atoms with Crippen LogP contribution in [-0.2, 0) is 9.53 Å². The van der Waals surface area contributed by atoms with Crippen molar-refractivity contribution in [3.05, 3.63) is 47.0 Å². The molecule has 3 rings (SSSR count). The summed E-state index contributed by atoms with van der Waals surface area (Å²) >= 11 is 0. The van der Waals surface area contributed by atoms with Gasteiger partial charge in [-0.3, -0.25) is 4.79 Å². The molecule has 1 heterocycles. The predicted octanol–water partition coefficient (Wildman–Crippen LogP) is 3.69. The zero-order chi connectivity index (χ0) is 21.0. The number of esters is 1. The minimum Gasteiger partial charge on any atom is -0.493 e. The summed E-state index contributed by atoms with van der Waals surface area (Å²) in [7, 11) is 1.48. The number of aryl methyl sites for hydroxylation is 1. The zero-order valence-corrected chi connectivity index (χ0v) is 17.0. The Bertz CT molecular complexity index is 905. The van der Waals surface area contributed by atoms with Gasteiger partial charge in [0, 0.05) is 5.69 Å². The van der Waals surface area contributed by atoms with Crippen molar-refractivity contribution in [3.8, 4) is 17.2 Å². The molecule has 0 radical (unpaired) electrons. The van der Waals surface area contributed by atoms with Crippen LogP contribution in [0.3, 0.4) is 0 Å². The maximum atomic E-state index is 12.4. The van der Waals surface area contributed by atoms with Gasteiger partial charge in [-0.15, -0.1) is 0 Å². The standard InChI is InChI=1S/C22H25NO6/c1-13(2)16-7-5-6-14(3)20(16)23-19(24)12-29-22(25)15-10-17(26-4)21-18(11-15)27-8-9-28-21/h5-7,10-11,13H,8-9,12H2,1-4H3,(H,23,24). The summed E-state index contributed by atoms with van der Waals surface area (Å²) in [5.74, 6) is 0.434. The Morgan fingerprint density at radius 1 is 1.17 bits per heavy atom. The largest absolute Gasteiger partial charge is 0.493 e. The Morgan fingerprint density at radius 2 is 1.93 bits per heavy atom. The summed E-state index contributed by atoms with van der Waals surface area (Å²) < 4.78 is 21.5. The quantitative estimate of drug-likeness (QED) is 0.746. The van der Waals surface area contributed by atoms with Crippen molar-refractivity contribution in [2.45, 2.75) is 26.7 Å². The molecule has 0 bridgehead atoms. The Balaban J connectivity index is 1.68. The highest BCUT2D eigenvalue weighted by Gasteiger charge is 2.22. The molecule has 2 aromatic carbocycles. The van der Waals surface area contributed by atoms with Crippen LogP contribution < -0.4 is 19.5 Å². The van der Waals surface area contributed by atoms with Crippen molar-refractivity contribution in [1.29, 1.82) is 0 Å². The number of methoxy groups -OCH3 is 1. The average Bonchev–Trinajstić information content (AvgIpc) is 2.72.